The van der Waals surface area contributed by atoms with Gasteiger partial charge in [0.15, 0.2) is 0 Å². The Kier molecular flexibility index (Phi) is 5.60. The minimum Gasteiger partial charge on any atom is -0.381 e. The van der Waals surface area contributed by atoms with Gasteiger partial charge in [-0.05, 0) is 12.8 Å². The summed E-state index contributed by atoms with van der Waals surface area (Å²) in [6, 6.07) is 0. The topological polar surface area (TPSA) is 52.3 Å². The Balaban J connectivity index is 0.000000165. The molecule has 0 aromatic heterocycles. The fraction of sp³-hybridized carbons (Fsp3) is 0.909. The molecule has 0 aromatic rings. The Bertz CT molecular complexity index is 153. The molecule has 3 nitrogen and oxygen atoms in total. The van der Waals surface area contributed by atoms with Crippen molar-refractivity contribution < 1.29 is 9.53 Å². The monoisotopic (exact) mass is 199 g/mol. The van der Waals surface area contributed by atoms with E-state index < -0.39 is 0 Å². The molecule has 2 rings (SSSR count). The minimum atomic E-state index is -0.227. The average molecular weight is 199 g/mol. The normalized spacial score (nSPS) is 26.4. The highest BCUT2D eigenvalue weighted by molar-refractivity contribution is 5.76. The van der Waals surface area contributed by atoms with Gasteiger partial charge in [-0.2, -0.15) is 0 Å². The molecule has 0 aromatic carbocycles. The van der Waals surface area contributed by atoms with E-state index in [1.54, 1.807) is 0 Å². The third kappa shape index (κ3) is 4.61. The molecule has 82 valence electrons. The van der Waals surface area contributed by atoms with E-state index >= 15 is 0 Å². The van der Waals surface area contributed by atoms with E-state index in [1.807, 2.05) is 0 Å². The van der Waals surface area contributed by atoms with Crippen molar-refractivity contribution in [1.29, 1.82) is 0 Å². The molecule has 1 atom stereocenters. The van der Waals surface area contributed by atoms with Crippen LogP contribution in [0.3, 0.4) is 0 Å². The summed E-state index contributed by atoms with van der Waals surface area (Å²) < 4.78 is 5.04. The Morgan fingerprint density at radius 2 is 1.64 bits per heavy atom. The van der Waals surface area contributed by atoms with Crippen molar-refractivity contribution in [2.24, 2.45) is 11.7 Å². The SMILES string of the molecule is C1CCCC1.NC(=O)C1CCCOC1. The van der Waals surface area contributed by atoms with Crippen LogP contribution in [0.1, 0.15) is 44.9 Å². The van der Waals surface area contributed by atoms with Crippen LogP contribution in [0.2, 0.25) is 0 Å². The molecular formula is C11H21NO2. The second kappa shape index (κ2) is 6.82. The summed E-state index contributed by atoms with van der Waals surface area (Å²) in [4.78, 5) is 10.5. The maximum Gasteiger partial charge on any atom is 0.222 e. The maximum atomic E-state index is 10.5. The number of ether oxygens (including phenoxy) is 1. The van der Waals surface area contributed by atoms with Crippen LogP contribution in [-0.4, -0.2) is 19.1 Å². The quantitative estimate of drug-likeness (QED) is 0.700. The lowest BCUT2D eigenvalue weighted by Crippen LogP contribution is -2.30. The van der Waals surface area contributed by atoms with Gasteiger partial charge in [0, 0.05) is 6.61 Å². The van der Waals surface area contributed by atoms with Gasteiger partial charge in [0.2, 0.25) is 5.91 Å². The van der Waals surface area contributed by atoms with Crippen molar-refractivity contribution in [3.63, 3.8) is 0 Å². The number of hydrogen-bond acceptors (Lipinski definition) is 2. The molecule has 14 heavy (non-hydrogen) atoms. The van der Waals surface area contributed by atoms with E-state index in [-0.39, 0.29) is 11.8 Å². The number of amides is 1. The van der Waals surface area contributed by atoms with Crippen LogP contribution in [0.15, 0.2) is 0 Å². The molecule has 2 aliphatic rings. The summed E-state index contributed by atoms with van der Waals surface area (Å²) in [5, 5.41) is 0. The molecule has 0 radical (unpaired) electrons. The molecule has 1 amide bonds. The van der Waals surface area contributed by atoms with Crippen molar-refractivity contribution in [2.75, 3.05) is 13.2 Å². The van der Waals surface area contributed by atoms with Crippen LogP contribution in [0.25, 0.3) is 0 Å². The summed E-state index contributed by atoms with van der Waals surface area (Å²) in [5.41, 5.74) is 5.05. The second-order valence-corrected chi connectivity index (χ2v) is 4.08. The average Bonchev–Trinajstić information content (AvgIpc) is 2.77. The number of carbonyl (C=O) groups excluding carboxylic acids is 1. The first-order valence-electron chi connectivity index (χ1n) is 5.68. The van der Waals surface area contributed by atoms with Gasteiger partial charge in [-0.3, -0.25) is 4.79 Å². The van der Waals surface area contributed by atoms with E-state index in [0.717, 1.165) is 19.4 Å². The van der Waals surface area contributed by atoms with Crippen LogP contribution in [0.5, 0.6) is 0 Å². The van der Waals surface area contributed by atoms with Gasteiger partial charge in [0.1, 0.15) is 0 Å². The van der Waals surface area contributed by atoms with Crippen molar-refractivity contribution >= 4 is 5.91 Å². The molecule has 3 heteroatoms. The number of rotatable bonds is 1. The molecule has 2 N–H and O–H groups in total. The van der Waals surface area contributed by atoms with Gasteiger partial charge in [-0.1, -0.05) is 32.1 Å². The molecule has 2 fully saturated rings. The first-order valence-corrected chi connectivity index (χ1v) is 5.68. The summed E-state index contributed by atoms with van der Waals surface area (Å²) in [7, 11) is 0. The zero-order chi connectivity index (χ0) is 10.2. The number of carbonyl (C=O) groups is 1. The van der Waals surface area contributed by atoms with Crippen molar-refractivity contribution in [3.8, 4) is 0 Å². The van der Waals surface area contributed by atoms with Gasteiger partial charge in [0.05, 0.1) is 12.5 Å². The Hall–Kier alpha value is -0.570. The van der Waals surface area contributed by atoms with Gasteiger partial charge in [-0.25, -0.2) is 0 Å². The highest BCUT2D eigenvalue weighted by Crippen LogP contribution is 2.15. The molecule has 0 bridgehead atoms. The Labute approximate surface area is 86.0 Å². The summed E-state index contributed by atoms with van der Waals surface area (Å²) in [6.45, 7) is 1.30. The molecule has 1 aliphatic carbocycles. The zero-order valence-corrected chi connectivity index (χ0v) is 8.84. The smallest absolute Gasteiger partial charge is 0.222 e. The number of hydrogen-bond donors (Lipinski definition) is 1. The van der Waals surface area contributed by atoms with Gasteiger partial charge in [0.25, 0.3) is 0 Å². The molecule has 1 saturated carbocycles. The van der Waals surface area contributed by atoms with Crippen molar-refractivity contribution in [1.82, 2.24) is 0 Å². The predicted molar refractivity (Wildman–Crippen MR) is 55.8 cm³/mol. The van der Waals surface area contributed by atoms with E-state index in [9.17, 15) is 4.79 Å². The number of primary amides is 1. The van der Waals surface area contributed by atoms with Gasteiger partial charge in [-0.15, -0.1) is 0 Å². The second-order valence-electron chi connectivity index (χ2n) is 4.08. The first kappa shape index (κ1) is 11.5. The molecule has 1 unspecified atom stereocenters. The molecule has 1 heterocycles. The fourth-order valence-corrected chi connectivity index (χ4v) is 1.85. The van der Waals surface area contributed by atoms with E-state index in [0.29, 0.717) is 6.61 Å². The van der Waals surface area contributed by atoms with Gasteiger partial charge >= 0.3 is 0 Å². The van der Waals surface area contributed by atoms with Crippen LogP contribution in [0, 0.1) is 5.92 Å². The minimum absolute atomic E-state index is 0.0289. The van der Waals surface area contributed by atoms with Crippen molar-refractivity contribution in [2.45, 2.75) is 44.9 Å². The van der Waals surface area contributed by atoms with Crippen LogP contribution in [0.4, 0.5) is 0 Å². The Morgan fingerprint density at radius 1 is 1.07 bits per heavy atom. The lowest BCUT2D eigenvalue weighted by molar-refractivity contribution is -0.125. The lowest BCUT2D eigenvalue weighted by Gasteiger charge is -2.18. The van der Waals surface area contributed by atoms with Crippen LogP contribution >= 0.6 is 0 Å². The summed E-state index contributed by atoms with van der Waals surface area (Å²) in [5.74, 6) is -0.256. The van der Waals surface area contributed by atoms with E-state index in [1.165, 1.54) is 32.1 Å². The predicted octanol–water partition coefficient (Wildman–Crippen LogP) is 1.85. The highest BCUT2D eigenvalue weighted by Gasteiger charge is 2.18. The molecular weight excluding hydrogens is 178 g/mol. The number of nitrogens with two attached hydrogens (primary N) is 1. The fourth-order valence-electron chi connectivity index (χ4n) is 1.85. The van der Waals surface area contributed by atoms with Crippen molar-refractivity contribution in [3.05, 3.63) is 0 Å². The third-order valence-corrected chi connectivity index (χ3v) is 2.81. The Morgan fingerprint density at radius 3 is 1.93 bits per heavy atom. The third-order valence-electron chi connectivity index (χ3n) is 2.81. The molecule has 1 saturated heterocycles. The van der Waals surface area contributed by atoms with Crippen LogP contribution in [-0.2, 0) is 9.53 Å². The largest absolute Gasteiger partial charge is 0.381 e. The maximum absolute atomic E-state index is 10.5. The van der Waals surface area contributed by atoms with E-state index in [2.05, 4.69) is 0 Å². The summed E-state index contributed by atoms with van der Waals surface area (Å²) >= 11 is 0. The van der Waals surface area contributed by atoms with E-state index in [4.69, 9.17) is 10.5 Å². The summed E-state index contributed by atoms with van der Waals surface area (Å²) in [6.07, 6.45) is 9.36. The van der Waals surface area contributed by atoms with Gasteiger partial charge < -0.3 is 10.5 Å². The van der Waals surface area contributed by atoms with Crippen LogP contribution < -0.4 is 5.73 Å². The molecule has 1 aliphatic heterocycles. The highest BCUT2D eigenvalue weighted by atomic mass is 16.5. The zero-order valence-electron chi connectivity index (χ0n) is 8.84. The lowest BCUT2D eigenvalue weighted by atomic mass is 10.0. The standard InChI is InChI=1S/C6H11NO2.C5H10/c7-6(8)5-2-1-3-9-4-5;1-2-4-5-3-1/h5H,1-4H2,(H2,7,8);1-5H2. The molecule has 0 spiro atoms. The first-order chi connectivity index (χ1) is 6.80.